The van der Waals surface area contributed by atoms with Crippen molar-refractivity contribution < 1.29 is 23.9 Å². The van der Waals surface area contributed by atoms with Crippen molar-refractivity contribution in [3.8, 4) is 0 Å². The molecule has 25 heavy (non-hydrogen) atoms. The van der Waals surface area contributed by atoms with E-state index in [4.69, 9.17) is 4.74 Å². The van der Waals surface area contributed by atoms with E-state index >= 15 is 0 Å². The van der Waals surface area contributed by atoms with Gasteiger partial charge in [0.15, 0.2) is 6.61 Å². The maximum atomic E-state index is 12.0. The predicted molar refractivity (Wildman–Crippen MR) is 92.6 cm³/mol. The lowest BCUT2D eigenvalue weighted by atomic mass is 10.1. The number of aryl methyl sites for hydroxylation is 2. The molecular weight excluding hydrogens is 322 g/mol. The molecule has 0 radical (unpaired) electrons. The number of rotatable bonds is 5. The second-order valence-electron chi connectivity index (χ2n) is 5.52. The molecule has 0 saturated carbocycles. The average molecular weight is 341 g/mol. The summed E-state index contributed by atoms with van der Waals surface area (Å²) in [6, 6.07) is 11.6. The zero-order valence-electron chi connectivity index (χ0n) is 14.3. The van der Waals surface area contributed by atoms with Gasteiger partial charge in [0.25, 0.3) is 5.91 Å². The van der Waals surface area contributed by atoms with Gasteiger partial charge in [0.1, 0.15) is 0 Å². The van der Waals surface area contributed by atoms with E-state index in [1.807, 2.05) is 32.0 Å². The fourth-order valence-corrected chi connectivity index (χ4v) is 2.16. The molecule has 0 aromatic heterocycles. The van der Waals surface area contributed by atoms with E-state index < -0.39 is 24.5 Å². The Kier molecular flexibility index (Phi) is 5.89. The van der Waals surface area contributed by atoms with E-state index in [0.29, 0.717) is 5.69 Å². The molecule has 0 aliphatic carbocycles. The van der Waals surface area contributed by atoms with Gasteiger partial charge in [-0.15, -0.1) is 0 Å². The van der Waals surface area contributed by atoms with Crippen molar-refractivity contribution in [3.05, 3.63) is 64.7 Å². The molecule has 0 saturated heterocycles. The minimum atomic E-state index is -0.693. The van der Waals surface area contributed by atoms with Crippen LogP contribution in [-0.4, -0.2) is 31.6 Å². The molecule has 2 rings (SSSR count). The van der Waals surface area contributed by atoms with Crippen LogP contribution in [0.4, 0.5) is 5.69 Å². The van der Waals surface area contributed by atoms with Crippen molar-refractivity contribution in [3.63, 3.8) is 0 Å². The third kappa shape index (κ3) is 4.91. The van der Waals surface area contributed by atoms with Gasteiger partial charge in [-0.3, -0.25) is 4.79 Å². The first-order chi connectivity index (χ1) is 11.9. The number of hydrogen-bond donors (Lipinski definition) is 1. The maximum absolute atomic E-state index is 12.0. The van der Waals surface area contributed by atoms with E-state index in [9.17, 15) is 14.4 Å². The molecular formula is C19H19NO5. The molecule has 1 amide bonds. The van der Waals surface area contributed by atoms with Crippen LogP contribution in [0, 0.1) is 13.8 Å². The average Bonchev–Trinajstić information content (AvgIpc) is 2.62. The number of amides is 1. The lowest BCUT2D eigenvalue weighted by Crippen LogP contribution is -2.21. The summed E-state index contributed by atoms with van der Waals surface area (Å²) < 4.78 is 9.60. The number of methoxy groups -OCH3 is 1. The minimum Gasteiger partial charge on any atom is -0.465 e. The Morgan fingerprint density at radius 3 is 2.32 bits per heavy atom. The largest absolute Gasteiger partial charge is 0.465 e. The van der Waals surface area contributed by atoms with Crippen LogP contribution < -0.4 is 5.32 Å². The number of esters is 2. The number of carbonyl (C=O) groups excluding carboxylic acids is 3. The maximum Gasteiger partial charge on any atom is 0.338 e. The molecule has 0 heterocycles. The number of carbonyl (C=O) groups is 3. The molecule has 0 atom stereocenters. The second-order valence-corrected chi connectivity index (χ2v) is 5.52. The van der Waals surface area contributed by atoms with Gasteiger partial charge in [0.05, 0.1) is 18.2 Å². The van der Waals surface area contributed by atoms with Crippen molar-refractivity contribution in [2.24, 2.45) is 0 Å². The van der Waals surface area contributed by atoms with Crippen LogP contribution in [0.25, 0.3) is 0 Å². The zero-order valence-corrected chi connectivity index (χ0v) is 14.3. The topological polar surface area (TPSA) is 81.7 Å². The van der Waals surface area contributed by atoms with E-state index in [0.717, 1.165) is 11.1 Å². The number of anilines is 1. The molecule has 0 fully saturated rings. The molecule has 130 valence electrons. The minimum absolute atomic E-state index is 0.169. The van der Waals surface area contributed by atoms with Crippen molar-refractivity contribution >= 4 is 23.5 Å². The molecule has 0 aliphatic rings. The Balaban J connectivity index is 1.96. The smallest absolute Gasteiger partial charge is 0.338 e. The van der Waals surface area contributed by atoms with E-state index in [2.05, 4.69) is 10.1 Å². The first-order valence-corrected chi connectivity index (χ1v) is 7.63. The van der Waals surface area contributed by atoms with Crippen LogP contribution in [0.1, 0.15) is 31.8 Å². The predicted octanol–water partition coefficient (Wildman–Crippen LogP) is 2.89. The van der Waals surface area contributed by atoms with Crippen LogP contribution in [-0.2, 0) is 14.3 Å². The normalized spacial score (nSPS) is 10.0. The molecule has 0 bridgehead atoms. The standard InChI is InChI=1S/C19H19NO5/c1-12-7-8-13(2)16(9-12)20-17(21)11-25-19(23)15-6-4-5-14(10-15)18(22)24-3/h4-10H,11H2,1-3H3,(H,20,21). The number of hydrogen-bond acceptors (Lipinski definition) is 5. The van der Waals surface area contributed by atoms with Crippen LogP contribution in [0.15, 0.2) is 42.5 Å². The quantitative estimate of drug-likeness (QED) is 0.846. The first-order valence-electron chi connectivity index (χ1n) is 7.63. The number of benzene rings is 2. The molecule has 1 N–H and O–H groups in total. The summed E-state index contributed by atoms with van der Waals surface area (Å²) >= 11 is 0. The van der Waals surface area contributed by atoms with Gasteiger partial charge in [0, 0.05) is 5.69 Å². The lowest BCUT2D eigenvalue weighted by molar-refractivity contribution is -0.119. The van der Waals surface area contributed by atoms with Crippen LogP contribution >= 0.6 is 0 Å². The van der Waals surface area contributed by atoms with Crippen molar-refractivity contribution in [2.45, 2.75) is 13.8 Å². The van der Waals surface area contributed by atoms with Crippen LogP contribution in [0.3, 0.4) is 0 Å². The van der Waals surface area contributed by atoms with Gasteiger partial charge < -0.3 is 14.8 Å². The zero-order chi connectivity index (χ0) is 18.4. The number of ether oxygens (including phenoxy) is 2. The third-order valence-electron chi connectivity index (χ3n) is 3.52. The Labute approximate surface area is 145 Å². The Morgan fingerprint density at radius 2 is 1.64 bits per heavy atom. The highest BCUT2D eigenvalue weighted by molar-refractivity contribution is 5.97. The van der Waals surface area contributed by atoms with Gasteiger partial charge in [-0.05, 0) is 49.2 Å². The van der Waals surface area contributed by atoms with Crippen molar-refractivity contribution in [1.82, 2.24) is 0 Å². The number of nitrogens with one attached hydrogen (secondary N) is 1. The van der Waals surface area contributed by atoms with Gasteiger partial charge in [-0.1, -0.05) is 18.2 Å². The Bertz CT molecular complexity index is 813. The highest BCUT2D eigenvalue weighted by Gasteiger charge is 2.14. The Hall–Kier alpha value is -3.15. The van der Waals surface area contributed by atoms with Crippen molar-refractivity contribution in [1.29, 1.82) is 0 Å². The monoisotopic (exact) mass is 341 g/mol. The fraction of sp³-hybridized carbons (Fsp3) is 0.211. The molecule has 6 heteroatoms. The molecule has 0 aliphatic heterocycles. The van der Waals surface area contributed by atoms with Crippen LogP contribution in [0.2, 0.25) is 0 Å². The lowest BCUT2D eigenvalue weighted by Gasteiger charge is -2.10. The van der Waals surface area contributed by atoms with Gasteiger partial charge in [-0.25, -0.2) is 9.59 Å². The van der Waals surface area contributed by atoms with Crippen molar-refractivity contribution in [2.75, 3.05) is 19.0 Å². The fourth-order valence-electron chi connectivity index (χ4n) is 2.16. The summed E-state index contributed by atoms with van der Waals surface area (Å²) in [7, 11) is 1.25. The van der Waals surface area contributed by atoms with Crippen LogP contribution in [0.5, 0.6) is 0 Å². The van der Waals surface area contributed by atoms with E-state index in [-0.39, 0.29) is 11.1 Å². The van der Waals surface area contributed by atoms with E-state index in [1.54, 1.807) is 6.07 Å². The first kappa shape index (κ1) is 18.2. The molecule has 2 aromatic carbocycles. The second kappa shape index (κ2) is 8.10. The molecule has 0 unspecified atom stereocenters. The summed E-state index contributed by atoms with van der Waals surface area (Å²) in [5, 5.41) is 2.71. The summed E-state index contributed by atoms with van der Waals surface area (Å²) in [6.07, 6.45) is 0. The molecule has 6 nitrogen and oxygen atoms in total. The summed E-state index contributed by atoms with van der Waals surface area (Å²) in [5.41, 5.74) is 3.00. The van der Waals surface area contributed by atoms with E-state index in [1.165, 1.54) is 25.3 Å². The SMILES string of the molecule is COC(=O)c1cccc(C(=O)OCC(=O)Nc2cc(C)ccc2C)c1. The van der Waals surface area contributed by atoms with Gasteiger partial charge >= 0.3 is 11.9 Å². The molecule has 0 spiro atoms. The third-order valence-corrected chi connectivity index (χ3v) is 3.52. The van der Waals surface area contributed by atoms with Gasteiger partial charge in [-0.2, -0.15) is 0 Å². The summed E-state index contributed by atoms with van der Waals surface area (Å²) in [6.45, 7) is 3.37. The van der Waals surface area contributed by atoms with Gasteiger partial charge in [0.2, 0.25) is 0 Å². The Morgan fingerprint density at radius 1 is 0.960 bits per heavy atom. The highest BCUT2D eigenvalue weighted by Crippen LogP contribution is 2.16. The summed E-state index contributed by atoms with van der Waals surface area (Å²) in [4.78, 5) is 35.5. The molecule has 2 aromatic rings. The highest BCUT2D eigenvalue weighted by atomic mass is 16.5. The summed E-state index contributed by atoms with van der Waals surface area (Å²) in [5.74, 6) is -1.68.